The Labute approximate surface area is 246 Å². The normalized spacial score (nSPS) is 14.6. The summed E-state index contributed by atoms with van der Waals surface area (Å²) in [5, 5.41) is 2.91. The Kier molecular flexibility index (Phi) is 9.31. The topological polar surface area (TPSA) is 96.0 Å². The zero-order chi connectivity index (χ0) is 29.4. The maximum Gasteiger partial charge on any atom is 0.262 e. The number of nitrogens with one attached hydrogen (secondary N) is 1. The van der Waals surface area contributed by atoms with Crippen LogP contribution in [0.5, 0.6) is 5.75 Å². The Hall–Kier alpha value is -4.47. The van der Waals surface area contributed by atoms with E-state index in [2.05, 4.69) is 5.32 Å². The van der Waals surface area contributed by atoms with Crippen LogP contribution < -0.4 is 15.0 Å². The van der Waals surface area contributed by atoms with E-state index >= 15 is 0 Å². The molecule has 4 aromatic rings. The van der Waals surface area contributed by atoms with Crippen LogP contribution in [0.15, 0.2) is 120 Å². The van der Waals surface area contributed by atoms with Crippen molar-refractivity contribution in [1.29, 1.82) is 0 Å². The number of carbonyl (C=O) groups excluding carboxylic acids is 2. The number of sulfonamides is 1. The third kappa shape index (κ3) is 7.05. The van der Waals surface area contributed by atoms with Gasteiger partial charge >= 0.3 is 0 Å². The van der Waals surface area contributed by atoms with Crippen LogP contribution in [0.2, 0.25) is 0 Å². The van der Waals surface area contributed by atoms with Crippen molar-refractivity contribution in [3.8, 4) is 5.75 Å². The van der Waals surface area contributed by atoms with Crippen LogP contribution in [0.1, 0.15) is 11.1 Å². The molecule has 4 aromatic carbocycles. The summed E-state index contributed by atoms with van der Waals surface area (Å²) in [5.41, 5.74) is 2.55. The Morgan fingerprint density at radius 3 is 2.02 bits per heavy atom. The Morgan fingerprint density at radius 2 is 1.36 bits per heavy atom. The molecule has 1 aliphatic rings. The molecule has 0 bridgehead atoms. The van der Waals surface area contributed by atoms with Crippen molar-refractivity contribution in [3.63, 3.8) is 0 Å². The summed E-state index contributed by atoms with van der Waals surface area (Å²) >= 11 is 0. The van der Waals surface area contributed by atoms with Gasteiger partial charge in [-0.3, -0.25) is 9.59 Å². The summed E-state index contributed by atoms with van der Waals surface area (Å²) in [6.45, 7) is 0.106. The average Bonchev–Trinajstić information content (AvgIpc) is 3.03. The van der Waals surface area contributed by atoms with Gasteiger partial charge in [-0.2, -0.15) is 4.31 Å². The number of hydrogen-bond acceptors (Lipinski definition) is 5. The van der Waals surface area contributed by atoms with Crippen LogP contribution in [-0.2, 0) is 32.5 Å². The fraction of sp³-hybridized carbons (Fsp3) is 0.212. The monoisotopic (exact) mass is 583 g/mol. The molecule has 0 aliphatic carbocycles. The van der Waals surface area contributed by atoms with Crippen LogP contribution in [0, 0.1) is 0 Å². The van der Waals surface area contributed by atoms with E-state index in [9.17, 15) is 18.0 Å². The highest BCUT2D eigenvalue weighted by molar-refractivity contribution is 7.89. The quantitative estimate of drug-likeness (QED) is 0.287. The van der Waals surface area contributed by atoms with Gasteiger partial charge in [-0.15, -0.1) is 0 Å². The zero-order valence-corrected chi connectivity index (χ0v) is 24.0. The van der Waals surface area contributed by atoms with Gasteiger partial charge in [-0.05, 0) is 48.2 Å². The maximum absolute atomic E-state index is 13.9. The van der Waals surface area contributed by atoms with Gasteiger partial charge in [-0.25, -0.2) is 8.42 Å². The van der Waals surface area contributed by atoms with E-state index in [1.807, 2.05) is 60.7 Å². The smallest absolute Gasteiger partial charge is 0.262 e. The molecule has 0 saturated heterocycles. The highest BCUT2D eigenvalue weighted by Crippen LogP contribution is 2.33. The van der Waals surface area contributed by atoms with Gasteiger partial charge in [0, 0.05) is 13.1 Å². The van der Waals surface area contributed by atoms with Crippen molar-refractivity contribution in [2.45, 2.75) is 23.8 Å². The van der Waals surface area contributed by atoms with Crippen molar-refractivity contribution in [2.75, 3.05) is 31.1 Å². The molecule has 0 radical (unpaired) electrons. The van der Waals surface area contributed by atoms with E-state index in [0.29, 0.717) is 30.8 Å². The van der Waals surface area contributed by atoms with E-state index in [0.717, 1.165) is 11.1 Å². The molecule has 1 N–H and O–H groups in total. The second-order valence-corrected chi connectivity index (χ2v) is 11.9. The number of ether oxygens (including phenoxy) is 1. The number of rotatable bonds is 11. The van der Waals surface area contributed by atoms with E-state index in [1.165, 1.54) is 21.3 Å². The first kappa shape index (κ1) is 29.0. The molecule has 216 valence electrons. The first-order valence-corrected chi connectivity index (χ1v) is 15.3. The molecule has 1 atom stereocenters. The molecule has 0 fully saturated rings. The second-order valence-electron chi connectivity index (χ2n) is 9.99. The number of hydrogen-bond donors (Lipinski definition) is 1. The van der Waals surface area contributed by atoms with Crippen molar-refractivity contribution in [3.05, 3.63) is 126 Å². The number of carbonyl (C=O) groups is 2. The van der Waals surface area contributed by atoms with Gasteiger partial charge in [0.05, 0.1) is 23.7 Å². The van der Waals surface area contributed by atoms with Crippen molar-refractivity contribution < 1.29 is 22.7 Å². The summed E-state index contributed by atoms with van der Waals surface area (Å²) < 4.78 is 34.6. The summed E-state index contributed by atoms with van der Waals surface area (Å²) in [7, 11) is -3.98. The molecule has 1 aliphatic heterocycles. The average molecular weight is 584 g/mol. The lowest BCUT2D eigenvalue weighted by Crippen LogP contribution is -2.53. The fourth-order valence-corrected chi connectivity index (χ4v) is 6.27. The number of fused-ring (bicyclic) bond motifs is 1. The van der Waals surface area contributed by atoms with Crippen LogP contribution in [0.25, 0.3) is 0 Å². The highest BCUT2D eigenvalue weighted by atomic mass is 32.2. The number of amides is 2. The van der Waals surface area contributed by atoms with Crippen LogP contribution in [0.4, 0.5) is 5.69 Å². The van der Waals surface area contributed by atoms with Crippen LogP contribution in [0.3, 0.4) is 0 Å². The van der Waals surface area contributed by atoms with Gasteiger partial charge in [-0.1, -0.05) is 91.0 Å². The molecule has 0 spiro atoms. The van der Waals surface area contributed by atoms with E-state index in [1.54, 1.807) is 42.5 Å². The number of anilines is 1. The molecule has 0 saturated carbocycles. The molecule has 1 heterocycles. The summed E-state index contributed by atoms with van der Waals surface area (Å²) in [5.74, 6) is -0.390. The van der Waals surface area contributed by atoms with E-state index in [4.69, 9.17) is 4.74 Å². The second kappa shape index (κ2) is 13.5. The van der Waals surface area contributed by atoms with Gasteiger partial charge in [0.1, 0.15) is 5.75 Å². The Balaban J connectivity index is 1.34. The van der Waals surface area contributed by atoms with Crippen molar-refractivity contribution >= 4 is 27.5 Å². The molecular formula is C33H33N3O5S. The van der Waals surface area contributed by atoms with Crippen molar-refractivity contribution in [2.24, 2.45) is 0 Å². The predicted octanol–water partition coefficient (Wildman–Crippen LogP) is 4.07. The van der Waals surface area contributed by atoms with Crippen molar-refractivity contribution in [1.82, 2.24) is 9.62 Å². The molecular weight excluding hydrogens is 550 g/mol. The van der Waals surface area contributed by atoms with Gasteiger partial charge in [0.15, 0.2) is 6.10 Å². The minimum Gasteiger partial charge on any atom is -0.477 e. The molecule has 5 rings (SSSR count). The Morgan fingerprint density at radius 1 is 0.786 bits per heavy atom. The van der Waals surface area contributed by atoms with E-state index < -0.39 is 22.0 Å². The number of para-hydroxylation sites is 2. The number of nitrogens with zero attached hydrogens (tertiary/aromatic N) is 2. The van der Waals surface area contributed by atoms with Gasteiger partial charge < -0.3 is 15.0 Å². The van der Waals surface area contributed by atoms with Gasteiger partial charge in [0.2, 0.25) is 15.9 Å². The maximum atomic E-state index is 13.9. The molecule has 2 amide bonds. The lowest BCUT2D eigenvalue weighted by Gasteiger charge is -2.35. The summed E-state index contributed by atoms with van der Waals surface area (Å²) in [6.07, 6.45) is 0.154. The molecule has 8 nitrogen and oxygen atoms in total. The molecule has 0 unspecified atom stereocenters. The largest absolute Gasteiger partial charge is 0.477 e. The molecule has 0 aromatic heterocycles. The minimum atomic E-state index is -3.98. The minimum absolute atomic E-state index is 0.0368. The predicted molar refractivity (Wildman–Crippen MR) is 162 cm³/mol. The van der Waals surface area contributed by atoms with Crippen LogP contribution >= 0.6 is 0 Å². The molecule has 42 heavy (non-hydrogen) atoms. The molecule has 9 heteroatoms. The third-order valence-electron chi connectivity index (χ3n) is 7.11. The summed E-state index contributed by atoms with van der Waals surface area (Å²) in [4.78, 5) is 28.5. The van der Waals surface area contributed by atoms with E-state index in [-0.39, 0.29) is 30.4 Å². The summed E-state index contributed by atoms with van der Waals surface area (Å²) in [6, 6.07) is 34.4. The first-order valence-electron chi connectivity index (χ1n) is 13.9. The standard InChI is InChI=1S/C33H33N3O5S/c37-32(25-35(23-21-27-14-6-2-7-15-27)42(39,40)28-16-8-3-9-17-28)36-24-31(41-30-19-11-10-18-29(30)36)33(38)34-22-20-26-12-4-1-5-13-26/h1-19,31H,20-25H2,(H,34,38)/t31-/m0/s1. The third-order valence-corrected chi connectivity index (χ3v) is 8.97. The fourth-order valence-electron chi connectivity index (χ4n) is 4.86. The highest BCUT2D eigenvalue weighted by Gasteiger charge is 2.36. The SMILES string of the molecule is O=C(NCCc1ccccc1)[C@@H]1CN(C(=O)CN(CCc2ccccc2)S(=O)(=O)c2ccccc2)c2ccccc2O1. The lowest BCUT2D eigenvalue weighted by atomic mass is 10.1. The lowest BCUT2D eigenvalue weighted by molar-refractivity contribution is -0.128. The van der Waals surface area contributed by atoms with Crippen LogP contribution in [-0.4, -0.2) is 56.8 Å². The Bertz CT molecular complexity index is 1600. The van der Waals surface area contributed by atoms with Gasteiger partial charge in [0.25, 0.3) is 5.91 Å². The number of benzene rings is 4. The first-order chi connectivity index (χ1) is 20.4. The zero-order valence-electron chi connectivity index (χ0n) is 23.1.